The van der Waals surface area contributed by atoms with E-state index in [0.717, 1.165) is 18.7 Å². The third-order valence-corrected chi connectivity index (χ3v) is 7.62. The van der Waals surface area contributed by atoms with Gasteiger partial charge in [0.2, 0.25) is 0 Å². The van der Waals surface area contributed by atoms with Gasteiger partial charge >= 0.3 is 0 Å². The molecule has 0 saturated carbocycles. The molecule has 2 saturated heterocycles. The second kappa shape index (κ2) is 5.83. The molecule has 2 heterocycles. The molecule has 0 unspecified atom stereocenters. The number of sulfone groups is 1. The summed E-state index contributed by atoms with van der Waals surface area (Å²) in [4.78, 5) is 2.20. The molecule has 22 heavy (non-hydrogen) atoms. The fourth-order valence-electron chi connectivity index (χ4n) is 3.72. The molecule has 0 N–H and O–H groups in total. The zero-order valence-corrected chi connectivity index (χ0v) is 13.9. The van der Waals surface area contributed by atoms with Crippen LogP contribution in [0, 0.1) is 5.92 Å². The first-order chi connectivity index (χ1) is 10.5. The minimum Gasteiger partial charge on any atom is -0.497 e. The van der Waals surface area contributed by atoms with Gasteiger partial charge in [0.05, 0.1) is 19.5 Å². The van der Waals surface area contributed by atoms with Crippen LogP contribution in [0.15, 0.2) is 24.3 Å². The Morgan fingerprint density at radius 2 is 1.91 bits per heavy atom. The molecular weight excluding hydrogens is 302 g/mol. The van der Waals surface area contributed by atoms with Crippen LogP contribution >= 0.6 is 0 Å². The van der Waals surface area contributed by atoms with Gasteiger partial charge in [-0.25, -0.2) is 8.42 Å². The molecule has 122 valence electrons. The standard InChI is InChI=1S/C16H23NO4S/c1-20-10-14-7-8-22(18,19)16(14)11-17(12-16)9-13-3-5-15(21-2)6-4-13/h3-6,14H,7-12H2,1-2H3/t14-/m0/s1. The van der Waals surface area contributed by atoms with Crippen LogP contribution in [0.4, 0.5) is 0 Å². The van der Waals surface area contributed by atoms with Gasteiger partial charge in [-0.15, -0.1) is 0 Å². The van der Waals surface area contributed by atoms with E-state index in [9.17, 15) is 8.42 Å². The van der Waals surface area contributed by atoms with Gasteiger partial charge in [-0.3, -0.25) is 4.90 Å². The largest absolute Gasteiger partial charge is 0.497 e. The van der Waals surface area contributed by atoms with Crippen LogP contribution in [0.5, 0.6) is 5.75 Å². The number of methoxy groups -OCH3 is 2. The minimum absolute atomic E-state index is 0.134. The van der Waals surface area contributed by atoms with Crippen LogP contribution in [-0.4, -0.2) is 57.7 Å². The summed E-state index contributed by atoms with van der Waals surface area (Å²) in [5, 5.41) is 0. The number of hydrogen-bond acceptors (Lipinski definition) is 5. The Balaban J connectivity index is 1.66. The Hall–Kier alpha value is -1.11. The highest BCUT2D eigenvalue weighted by Gasteiger charge is 2.61. The average Bonchev–Trinajstić information content (AvgIpc) is 2.72. The van der Waals surface area contributed by atoms with Crippen molar-refractivity contribution in [2.75, 3.05) is 39.7 Å². The monoisotopic (exact) mass is 325 g/mol. The molecular formula is C16H23NO4S. The van der Waals surface area contributed by atoms with Crippen LogP contribution in [0.1, 0.15) is 12.0 Å². The number of nitrogens with zero attached hydrogens (tertiary/aromatic N) is 1. The van der Waals surface area contributed by atoms with Crippen molar-refractivity contribution in [3.05, 3.63) is 29.8 Å². The van der Waals surface area contributed by atoms with Crippen LogP contribution in [0.25, 0.3) is 0 Å². The normalized spacial score (nSPS) is 26.0. The lowest BCUT2D eigenvalue weighted by Gasteiger charge is -2.50. The number of rotatable bonds is 5. The second-order valence-electron chi connectivity index (χ2n) is 6.32. The molecule has 5 nitrogen and oxygen atoms in total. The van der Waals surface area contributed by atoms with Gasteiger partial charge < -0.3 is 9.47 Å². The third kappa shape index (κ3) is 2.53. The minimum atomic E-state index is -3.00. The molecule has 0 radical (unpaired) electrons. The fraction of sp³-hybridized carbons (Fsp3) is 0.625. The first-order valence-electron chi connectivity index (χ1n) is 7.57. The van der Waals surface area contributed by atoms with Crippen LogP contribution in [-0.2, 0) is 21.1 Å². The summed E-state index contributed by atoms with van der Waals surface area (Å²) in [6.45, 7) is 2.56. The maximum atomic E-state index is 12.4. The Labute approximate surface area is 132 Å². The number of ether oxygens (including phenoxy) is 2. The summed E-state index contributed by atoms with van der Waals surface area (Å²) < 4.78 is 34.7. The lowest BCUT2D eigenvalue weighted by molar-refractivity contribution is 0.0411. The van der Waals surface area contributed by atoms with E-state index in [1.807, 2.05) is 24.3 Å². The first kappa shape index (κ1) is 15.8. The van der Waals surface area contributed by atoms with Crippen molar-refractivity contribution >= 4 is 9.84 Å². The second-order valence-corrected chi connectivity index (χ2v) is 8.77. The van der Waals surface area contributed by atoms with E-state index >= 15 is 0 Å². The number of hydrogen-bond donors (Lipinski definition) is 0. The van der Waals surface area contributed by atoms with E-state index in [1.165, 1.54) is 5.56 Å². The molecule has 2 aliphatic rings. The Morgan fingerprint density at radius 3 is 2.50 bits per heavy atom. The molecule has 6 heteroatoms. The lowest BCUT2D eigenvalue weighted by atomic mass is 9.83. The molecule has 0 aromatic heterocycles. The van der Waals surface area contributed by atoms with Crippen LogP contribution in [0.2, 0.25) is 0 Å². The zero-order chi connectivity index (χ0) is 15.8. The molecule has 2 fully saturated rings. The van der Waals surface area contributed by atoms with Gasteiger partial charge in [0.25, 0.3) is 0 Å². The van der Waals surface area contributed by atoms with Gasteiger partial charge in [0, 0.05) is 32.7 Å². The Kier molecular flexibility index (Phi) is 4.18. The summed E-state index contributed by atoms with van der Waals surface area (Å²) in [6, 6.07) is 7.93. The lowest BCUT2D eigenvalue weighted by Crippen LogP contribution is -2.67. The molecule has 1 aromatic carbocycles. The Morgan fingerprint density at radius 1 is 1.23 bits per heavy atom. The predicted molar refractivity (Wildman–Crippen MR) is 84.8 cm³/mol. The van der Waals surface area contributed by atoms with Crippen molar-refractivity contribution in [2.45, 2.75) is 17.7 Å². The van der Waals surface area contributed by atoms with E-state index < -0.39 is 14.6 Å². The van der Waals surface area contributed by atoms with Gasteiger partial charge in [-0.2, -0.15) is 0 Å². The molecule has 2 aliphatic heterocycles. The maximum Gasteiger partial charge on any atom is 0.158 e. The fourth-order valence-corrected chi connectivity index (χ4v) is 6.17. The summed E-state index contributed by atoms with van der Waals surface area (Å²) >= 11 is 0. The van der Waals surface area contributed by atoms with Crippen LogP contribution < -0.4 is 4.74 Å². The highest BCUT2D eigenvalue weighted by atomic mass is 32.2. The molecule has 3 rings (SSSR count). The summed E-state index contributed by atoms with van der Waals surface area (Å²) in [6.07, 6.45) is 0.729. The topological polar surface area (TPSA) is 55.8 Å². The van der Waals surface area contributed by atoms with E-state index in [-0.39, 0.29) is 5.92 Å². The van der Waals surface area contributed by atoms with E-state index in [0.29, 0.717) is 25.4 Å². The molecule has 0 amide bonds. The molecule has 1 spiro atoms. The van der Waals surface area contributed by atoms with Crippen molar-refractivity contribution in [3.8, 4) is 5.75 Å². The Bertz CT molecular complexity index is 620. The van der Waals surface area contributed by atoms with Crippen molar-refractivity contribution < 1.29 is 17.9 Å². The zero-order valence-electron chi connectivity index (χ0n) is 13.1. The first-order valence-corrected chi connectivity index (χ1v) is 9.22. The summed E-state index contributed by atoms with van der Waals surface area (Å²) in [5.41, 5.74) is 1.18. The SMILES string of the molecule is COC[C@@H]1CCS(=O)(=O)C12CN(Cc1ccc(OC)cc1)C2. The van der Waals surface area contributed by atoms with Crippen molar-refractivity contribution in [1.29, 1.82) is 0 Å². The molecule has 1 atom stereocenters. The van der Waals surface area contributed by atoms with E-state index in [2.05, 4.69) is 4.90 Å². The average molecular weight is 325 g/mol. The molecule has 1 aromatic rings. The maximum absolute atomic E-state index is 12.4. The van der Waals surface area contributed by atoms with Gasteiger partial charge in [0.1, 0.15) is 10.5 Å². The van der Waals surface area contributed by atoms with Crippen molar-refractivity contribution in [1.82, 2.24) is 4.90 Å². The third-order valence-electron chi connectivity index (χ3n) is 5.01. The van der Waals surface area contributed by atoms with Gasteiger partial charge in [-0.1, -0.05) is 12.1 Å². The predicted octanol–water partition coefficient (Wildman–Crippen LogP) is 1.33. The molecule has 0 aliphatic carbocycles. The van der Waals surface area contributed by atoms with E-state index in [4.69, 9.17) is 9.47 Å². The van der Waals surface area contributed by atoms with Gasteiger partial charge in [0.15, 0.2) is 9.84 Å². The summed E-state index contributed by atoms with van der Waals surface area (Å²) in [7, 11) is 0.294. The highest BCUT2D eigenvalue weighted by molar-refractivity contribution is 7.93. The van der Waals surface area contributed by atoms with Crippen molar-refractivity contribution in [2.24, 2.45) is 5.92 Å². The summed E-state index contributed by atoms with van der Waals surface area (Å²) in [5.74, 6) is 1.27. The smallest absolute Gasteiger partial charge is 0.158 e. The van der Waals surface area contributed by atoms with Crippen LogP contribution in [0.3, 0.4) is 0 Å². The molecule has 0 bridgehead atoms. The van der Waals surface area contributed by atoms with E-state index in [1.54, 1.807) is 14.2 Å². The number of benzene rings is 1. The quantitative estimate of drug-likeness (QED) is 0.817. The number of likely N-dealkylation sites (tertiary alicyclic amines) is 1. The highest BCUT2D eigenvalue weighted by Crippen LogP contribution is 2.45. The van der Waals surface area contributed by atoms with Crippen molar-refractivity contribution in [3.63, 3.8) is 0 Å². The van der Waals surface area contributed by atoms with Gasteiger partial charge in [-0.05, 0) is 24.1 Å².